The van der Waals surface area contributed by atoms with E-state index < -0.39 is 0 Å². The van der Waals surface area contributed by atoms with E-state index >= 15 is 0 Å². The monoisotopic (exact) mass is 418 g/mol. The molecule has 0 N–H and O–H groups in total. The van der Waals surface area contributed by atoms with Crippen LogP contribution in [0.15, 0.2) is 83.7 Å². The van der Waals surface area contributed by atoms with Crippen LogP contribution in [0.4, 0.5) is 4.39 Å². The summed E-state index contributed by atoms with van der Waals surface area (Å²) in [5.74, 6) is -0.322. The first-order valence-electron chi connectivity index (χ1n) is 9.10. The fraction of sp³-hybridized carbons (Fsp3) is 0.0435. The second kappa shape index (κ2) is 7.06. The standard InChI is InChI=1S/C23H15FN2OS2/c24-17-10-6-9-16(13-17)20-21-25(14-15-7-2-1-3-8-15)22(27)18-11-4-5-12-19(18)26(21)23(28)29-20/h1-13H,14H2. The Morgan fingerprint density at radius 2 is 1.69 bits per heavy atom. The highest BCUT2D eigenvalue weighted by Crippen LogP contribution is 2.33. The number of rotatable bonds is 3. The molecule has 0 bridgehead atoms. The highest BCUT2D eigenvalue weighted by Gasteiger charge is 2.18. The van der Waals surface area contributed by atoms with Crippen LogP contribution in [0.1, 0.15) is 5.56 Å². The van der Waals surface area contributed by atoms with E-state index in [1.807, 2.05) is 65.1 Å². The third-order valence-corrected chi connectivity index (χ3v) is 6.35. The average Bonchev–Trinajstić information content (AvgIpc) is 3.09. The predicted octanol–water partition coefficient (Wildman–Crippen LogP) is 5.90. The third-order valence-electron chi connectivity index (χ3n) is 4.93. The minimum atomic E-state index is -0.322. The molecule has 0 spiro atoms. The van der Waals surface area contributed by atoms with Gasteiger partial charge < -0.3 is 0 Å². The molecule has 0 radical (unpaired) electrons. The summed E-state index contributed by atoms with van der Waals surface area (Å²) in [5, 5.41) is 0.607. The molecule has 0 saturated carbocycles. The molecule has 0 fully saturated rings. The van der Waals surface area contributed by atoms with Gasteiger partial charge in [-0.05, 0) is 47.6 Å². The number of hydrogen-bond donors (Lipinski definition) is 0. The summed E-state index contributed by atoms with van der Waals surface area (Å²) in [6, 6.07) is 23.7. The van der Waals surface area contributed by atoms with Gasteiger partial charge in [-0.15, -0.1) is 11.3 Å². The Morgan fingerprint density at radius 3 is 2.48 bits per heavy atom. The lowest BCUT2D eigenvalue weighted by Crippen LogP contribution is -2.23. The van der Waals surface area contributed by atoms with Crippen LogP contribution in [0.25, 0.3) is 27.0 Å². The molecule has 3 aromatic carbocycles. The van der Waals surface area contributed by atoms with E-state index in [2.05, 4.69) is 0 Å². The maximum Gasteiger partial charge on any atom is 0.261 e. The number of halogens is 1. The molecule has 5 aromatic rings. The topological polar surface area (TPSA) is 26.4 Å². The minimum Gasteiger partial charge on any atom is -0.288 e. The van der Waals surface area contributed by atoms with Gasteiger partial charge in [-0.25, -0.2) is 4.39 Å². The Kier molecular flexibility index (Phi) is 4.38. The van der Waals surface area contributed by atoms with Crippen LogP contribution in [0.2, 0.25) is 0 Å². The summed E-state index contributed by atoms with van der Waals surface area (Å²) < 4.78 is 18.2. The van der Waals surface area contributed by atoms with Gasteiger partial charge in [0.1, 0.15) is 11.5 Å². The van der Waals surface area contributed by atoms with Crippen LogP contribution in [-0.4, -0.2) is 8.97 Å². The van der Waals surface area contributed by atoms with Gasteiger partial charge >= 0.3 is 0 Å². The number of fused-ring (bicyclic) bond motifs is 3. The SMILES string of the molecule is O=c1c2ccccc2n2c(=S)sc(-c3cccc(F)c3)c2n1Cc1ccccc1. The van der Waals surface area contributed by atoms with E-state index in [-0.39, 0.29) is 11.4 Å². The van der Waals surface area contributed by atoms with Gasteiger partial charge in [-0.3, -0.25) is 13.8 Å². The van der Waals surface area contributed by atoms with E-state index in [9.17, 15) is 9.18 Å². The lowest BCUT2D eigenvalue weighted by molar-refractivity contribution is 0.628. The minimum absolute atomic E-state index is 0.0880. The van der Waals surface area contributed by atoms with Gasteiger partial charge in [0.2, 0.25) is 0 Å². The van der Waals surface area contributed by atoms with Crippen molar-refractivity contribution in [3.8, 4) is 10.4 Å². The predicted molar refractivity (Wildman–Crippen MR) is 119 cm³/mol. The summed E-state index contributed by atoms with van der Waals surface area (Å²) in [6.07, 6.45) is 0. The first kappa shape index (κ1) is 18.0. The quantitative estimate of drug-likeness (QED) is 0.341. The summed E-state index contributed by atoms with van der Waals surface area (Å²) in [7, 11) is 0. The van der Waals surface area contributed by atoms with Crippen molar-refractivity contribution in [1.29, 1.82) is 0 Å². The largest absolute Gasteiger partial charge is 0.288 e. The molecule has 0 saturated heterocycles. The van der Waals surface area contributed by atoms with Crippen molar-refractivity contribution in [1.82, 2.24) is 8.97 Å². The molecule has 0 unspecified atom stereocenters. The molecule has 3 nitrogen and oxygen atoms in total. The van der Waals surface area contributed by atoms with Crippen LogP contribution in [0.5, 0.6) is 0 Å². The number of benzene rings is 3. The van der Waals surface area contributed by atoms with E-state index in [4.69, 9.17) is 12.2 Å². The Balaban J connectivity index is 1.93. The zero-order chi connectivity index (χ0) is 20.0. The Hall–Kier alpha value is -3.09. The number of hydrogen-bond acceptors (Lipinski definition) is 3. The van der Waals surface area contributed by atoms with Crippen LogP contribution in [0, 0.1) is 9.77 Å². The maximum absolute atomic E-state index is 13.9. The molecule has 2 aromatic heterocycles. The van der Waals surface area contributed by atoms with Crippen molar-refractivity contribution in [2.24, 2.45) is 0 Å². The molecule has 0 amide bonds. The zero-order valence-electron chi connectivity index (χ0n) is 15.2. The molecule has 5 rings (SSSR count). The highest BCUT2D eigenvalue weighted by molar-refractivity contribution is 7.73. The van der Waals surface area contributed by atoms with Crippen LogP contribution in [-0.2, 0) is 6.54 Å². The van der Waals surface area contributed by atoms with Crippen molar-refractivity contribution in [2.45, 2.75) is 6.54 Å². The maximum atomic E-state index is 13.9. The lowest BCUT2D eigenvalue weighted by atomic mass is 10.1. The summed E-state index contributed by atoms with van der Waals surface area (Å²) in [4.78, 5) is 14.2. The Bertz CT molecular complexity index is 1480. The van der Waals surface area contributed by atoms with Crippen LogP contribution < -0.4 is 5.56 Å². The number of aromatic nitrogens is 2. The van der Waals surface area contributed by atoms with Crippen molar-refractivity contribution < 1.29 is 4.39 Å². The Labute approximate surface area is 174 Å². The number of para-hydroxylation sites is 1. The average molecular weight is 419 g/mol. The normalized spacial score (nSPS) is 11.3. The molecule has 2 heterocycles. The van der Waals surface area contributed by atoms with Crippen molar-refractivity contribution >= 4 is 40.1 Å². The van der Waals surface area contributed by atoms with Gasteiger partial charge in [0.25, 0.3) is 5.56 Å². The zero-order valence-corrected chi connectivity index (χ0v) is 16.8. The lowest BCUT2D eigenvalue weighted by Gasteiger charge is -2.13. The van der Waals surface area contributed by atoms with Crippen molar-refractivity contribution in [3.05, 3.63) is 105 Å². The van der Waals surface area contributed by atoms with E-state index in [0.717, 1.165) is 16.0 Å². The van der Waals surface area contributed by atoms with E-state index in [1.165, 1.54) is 23.5 Å². The molecular formula is C23H15FN2OS2. The van der Waals surface area contributed by atoms with E-state index in [1.54, 1.807) is 10.6 Å². The second-order valence-electron chi connectivity index (χ2n) is 6.76. The van der Waals surface area contributed by atoms with Crippen molar-refractivity contribution in [2.75, 3.05) is 0 Å². The van der Waals surface area contributed by atoms with Gasteiger partial charge in [0.15, 0.2) is 3.95 Å². The molecule has 6 heteroatoms. The molecular weight excluding hydrogens is 403 g/mol. The van der Waals surface area contributed by atoms with Gasteiger partial charge in [-0.1, -0.05) is 54.6 Å². The Morgan fingerprint density at radius 1 is 0.931 bits per heavy atom. The molecule has 142 valence electrons. The summed E-state index contributed by atoms with van der Waals surface area (Å²) >= 11 is 7.06. The number of thiazole rings is 1. The van der Waals surface area contributed by atoms with E-state index in [0.29, 0.717) is 27.1 Å². The number of nitrogens with zero attached hydrogens (tertiary/aromatic N) is 2. The fourth-order valence-electron chi connectivity index (χ4n) is 3.64. The van der Waals surface area contributed by atoms with Crippen LogP contribution >= 0.6 is 23.6 Å². The third kappa shape index (κ3) is 3.01. The van der Waals surface area contributed by atoms with Crippen LogP contribution in [0.3, 0.4) is 0 Å². The van der Waals surface area contributed by atoms with Gasteiger partial charge in [0, 0.05) is 0 Å². The summed E-state index contributed by atoms with van der Waals surface area (Å²) in [6.45, 7) is 0.405. The molecule has 0 atom stereocenters. The van der Waals surface area contributed by atoms with Gasteiger partial charge in [0.05, 0.1) is 22.3 Å². The first-order chi connectivity index (χ1) is 14.1. The smallest absolute Gasteiger partial charge is 0.261 e. The highest BCUT2D eigenvalue weighted by atomic mass is 32.1. The molecule has 0 aliphatic heterocycles. The molecule has 0 aliphatic rings. The second-order valence-corrected chi connectivity index (χ2v) is 8.40. The summed E-state index contributed by atoms with van der Waals surface area (Å²) in [5.41, 5.74) is 3.09. The first-order valence-corrected chi connectivity index (χ1v) is 10.3. The van der Waals surface area contributed by atoms with Crippen molar-refractivity contribution in [3.63, 3.8) is 0 Å². The molecule has 29 heavy (non-hydrogen) atoms. The molecule has 0 aliphatic carbocycles. The fourth-order valence-corrected chi connectivity index (χ4v) is 5.07. The van der Waals surface area contributed by atoms with Gasteiger partial charge in [-0.2, -0.15) is 0 Å².